The Morgan fingerprint density at radius 1 is 0.511 bits per heavy atom. The van der Waals surface area contributed by atoms with Crippen molar-refractivity contribution < 1.29 is 79.9 Å². The number of fused-ring (bicyclic) bond motifs is 2. The second-order valence-corrected chi connectivity index (χ2v) is 35.6. The first-order valence-electron chi connectivity index (χ1n) is 33.0. The average Bonchev–Trinajstić information content (AvgIpc) is 0.794. The minimum atomic E-state index is -5.11. The van der Waals surface area contributed by atoms with E-state index in [2.05, 4.69) is 106 Å². The van der Waals surface area contributed by atoms with Crippen LogP contribution in [0.1, 0.15) is 239 Å². The topological polar surface area (TPSA) is 248 Å². The van der Waals surface area contributed by atoms with Crippen molar-refractivity contribution in [1.82, 2.24) is 0 Å². The van der Waals surface area contributed by atoms with E-state index in [0.29, 0.717) is 17.1 Å². The van der Waals surface area contributed by atoms with Crippen LogP contribution in [0, 0.1) is 27.7 Å². The number of hydrogen-bond donors (Lipinski definition) is 4. The van der Waals surface area contributed by atoms with Gasteiger partial charge in [0.2, 0.25) is 7.37 Å². The molecule has 4 atom stereocenters. The zero-order valence-corrected chi connectivity index (χ0v) is 62.5. The molecule has 2 aliphatic rings. The molecular formula is C71H114O17P4. The number of benzene rings is 2. The molecule has 2 heterocycles. The van der Waals surface area contributed by atoms with Crippen molar-refractivity contribution in [2.75, 3.05) is 26.5 Å². The second kappa shape index (κ2) is 38.1. The Hall–Kier alpha value is -3.94. The van der Waals surface area contributed by atoms with Crippen molar-refractivity contribution in [3.8, 4) is 23.0 Å². The van der Waals surface area contributed by atoms with E-state index < -0.39 is 65.7 Å². The van der Waals surface area contributed by atoms with Crippen molar-refractivity contribution >= 4 is 42.1 Å². The van der Waals surface area contributed by atoms with Crippen LogP contribution in [0.5, 0.6) is 23.0 Å². The molecule has 520 valence electrons. The molecule has 92 heavy (non-hydrogen) atoms. The van der Waals surface area contributed by atoms with E-state index in [4.69, 9.17) is 32.5 Å². The zero-order valence-electron chi connectivity index (χ0n) is 58.9. The molecule has 21 heteroatoms. The number of ether oxygens (including phenoxy) is 4. The van der Waals surface area contributed by atoms with E-state index in [1.165, 1.54) is 40.1 Å². The van der Waals surface area contributed by atoms with E-state index in [9.17, 15) is 47.4 Å². The van der Waals surface area contributed by atoms with E-state index in [1.807, 2.05) is 32.9 Å². The molecule has 4 unspecified atom stereocenters. The first kappa shape index (κ1) is 82.3. The van der Waals surface area contributed by atoms with Gasteiger partial charge in [-0.2, -0.15) is 0 Å². The maximum Gasteiger partial charge on any atom is 0.343 e. The summed E-state index contributed by atoms with van der Waals surface area (Å²) in [6.45, 7) is 36.1. The molecule has 0 radical (unpaired) electrons. The summed E-state index contributed by atoms with van der Waals surface area (Å²) in [5.74, 6) is 1.10. The van der Waals surface area contributed by atoms with Gasteiger partial charge in [0.05, 0.1) is 19.8 Å². The number of aryl methyl sites for hydroxylation is 2. The molecule has 2 aromatic rings. The molecule has 2 aromatic carbocycles. The molecule has 0 aliphatic carbocycles. The Balaban J connectivity index is 0.000000484. The van der Waals surface area contributed by atoms with Crippen molar-refractivity contribution in [1.29, 1.82) is 0 Å². The summed E-state index contributed by atoms with van der Waals surface area (Å²) < 4.78 is 91.3. The van der Waals surface area contributed by atoms with Gasteiger partial charge in [-0.15, -0.1) is 0 Å². The molecule has 2 aliphatic heterocycles. The summed E-state index contributed by atoms with van der Waals surface area (Å²) >= 11 is 0. The number of carbonyl (C=O) groups excluding carboxylic acids is 2. The highest BCUT2D eigenvalue weighted by Crippen LogP contribution is 2.70. The smallest absolute Gasteiger partial charge is 0.343 e. The average molecular weight is 1360 g/mol. The Morgan fingerprint density at radius 2 is 0.837 bits per heavy atom. The summed E-state index contributed by atoms with van der Waals surface area (Å²) in [7, 11) is -17.5. The van der Waals surface area contributed by atoms with Gasteiger partial charge in [-0.25, -0.2) is 0 Å². The van der Waals surface area contributed by atoms with Crippen molar-refractivity contribution in [3.05, 3.63) is 115 Å². The third-order valence-electron chi connectivity index (χ3n) is 17.0. The standard InChI is InChI=1S/C39H64O8P2.C32H50O9P2/c1-12-43-48(11,41)37(49(42,44-13-2)45-14-3)24-23-36(40)46-38-32(8)28-35-34(33(38)9)25-27-39(10,47-35)26-17-22-31(7)21-16-20-30(6)19-15-18-29(4)5;1-22(2)11-8-12-23(3)13-9-14-24(4)15-10-19-32(7)20-18-27-26(6)31(25(5)21-28(27)41-32)40-29(33)16-17-30(42(34,35)36)43(37,38)39/h18,20,22,28,37H,12-17,19,21,23-27H2,1-11H3;11,13,15,21,30H,8-10,12,14,16-20H2,1-7H3,(H2,34,35,36)(H2,37,38,39)/b30-20+,31-22+;23-13+,24-15+. The van der Waals surface area contributed by atoms with Crippen molar-refractivity contribution in [2.45, 2.75) is 268 Å². The number of allylic oxidation sites excluding steroid dienone is 12. The molecule has 17 nitrogen and oxygen atoms in total. The Bertz CT molecular complexity index is 3150. The lowest BCUT2D eigenvalue weighted by Crippen LogP contribution is -2.36. The third-order valence-corrected chi connectivity index (χ3v) is 27.3. The van der Waals surface area contributed by atoms with Crippen molar-refractivity contribution in [2.24, 2.45) is 0 Å². The van der Waals surface area contributed by atoms with Crippen LogP contribution in [-0.2, 0) is 54.3 Å². The lowest BCUT2D eigenvalue weighted by atomic mass is 9.86. The number of carbonyl (C=O) groups is 2. The van der Waals surface area contributed by atoms with Gasteiger partial charge < -0.3 is 52.1 Å². The number of hydrogen-bond acceptors (Lipinski definition) is 13. The Kier molecular flexibility index (Phi) is 34.1. The first-order chi connectivity index (χ1) is 42.8. The van der Waals surface area contributed by atoms with Crippen LogP contribution >= 0.6 is 30.2 Å². The predicted molar refractivity (Wildman–Crippen MR) is 373 cm³/mol. The van der Waals surface area contributed by atoms with Gasteiger partial charge in [-0.3, -0.25) is 27.8 Å². The Morgan fingerprint density at radius 3 is 1.16 bits per heavy atom. The van der Waals surface area contributed by atoms with Crippen LogP contribution in [0.3, 0.4) is 0 Å². The summed E-state index contributed by atoms with van der Waals surface area (Å²) in [6, 6.07) is 3.80. The molecule has 0 saturated carbocycles. The number of esters is 2. The Labute approximate surface area is 552 Å². The fraction of sp³-hybridized carbons (Fsp3) is 0.634. The van der Waals surface area contributed by atoms with Crippen molar-refractivity contribution in [3.63, 3.8) is 0 Å². The van der Waals surface area contributed by atoms with Gasteiger partial charge in [0.15, 0.2) is 5.40 Å². The van der Waals surface area contributed by atoms with Crippen LogP contribution < -0.4 is 18.9 Å². The zero-order chi connectivity index (χ0) is 69.4. The largest absolute Gasteiger partial charge is 0.487 e. The quantitative estimate of drug-likeness (QED) is 0.0214. The molecule has 4 rings (SSSR count). The fourth-order valence-electron chi connectivity index (χ4n) is 11.7. The SMILES string of the molecule is CC(C)=CCC/C(C)=C/CC/C(C)=C/CCC1(C)CCc2c(cc(C)c(OC(=O)CCC(P(=O)(O)O)P(=O)(O)O)c2C)O1.CCOP(C)(=O)C(CCC(=O)Oc1c(C)cc2c(c1C)CCC(C)(CC/C=C(\C)CC/C=C(\C)CCC=C(C)C)O2)P(=O)(OCC)OCC. The highest BCUT2D eigenvalue weighted by atomic mass is 31.2. The minimum Gasteiger partial charge on any atom is -0.487 e. The van der Waals surface area contributed by atoms with E-state index in [1.54, 1.807) is 27.7 Å². The highest BCUT2D eigenvalue weighted by Gasteiger charge is 2.47. The summed E-state index contributed by atoms with van der Waals surface area (Å²) in [6.07, 6.45) is 28.1. The van der Waals surface area contributed by atoms with Crippen LogP contribution in [0.4, 0.5) is 0 Å². The summed E-state index contributed by atoms with van der Waals surface area (Å²) in [4.78, 5) is 62.9. The maximum atomic E-state index is 13.7. The minimum absolute atomic E-state index is 0.0186. The maximum absolute atomic E-state index is 13.7. The van der Waals surface area contributed by atoms with Gasteiger partial charge in [-0.1, -0.05) is 69.9 Å². The number of rotatable bonds is 36. The van der Waals surface area contributed by atoms with E-state index >= 15 is 0 Å². The van der Waals surface area contributed by atoms with Gasteiger partial charge in [0.1, 0.15) is 39.6 Å². The van der Waals surface area contributed by atoms with Gasteiger partial charge in [0, 0.05) is 30.6 Å². The molecule has 0 amide bonds. The van der Waals surface area contributed by atoms with Gasteiger partial charge >= 0.3 is 34.7 Å². The molecule has 0 fully saturated rings. The third kappa shape index (κ3) is 27.7. The molecular weight excluding hydrogens is 1250 g/mol. The first-order valence-corrected chi connectivity index (χ1v) is 40.1. The normalized spacial score (nSPS) is 18.3. The molecule has 0 saturated heterocycles. The van der Waals surface area contributed by atoms with Crippen LogP contribution in [-0.4, -0.2) is 80.0 Å². The predicted octanol–water partition coefficient (Wildman–Crippen LogP) is 19.8. The molecule has 0 spiro atoms. The highest BCUT2D eigenvalue weighted by molar-refractivity contribution is 7.74. The molecule has 4 N–H and O–H groups in total. The summed E-state index contributed by atoms with van der Waals surface area (Å²) in [5, 5.41) is -3.32. The van der Waals surface area contributed by atoms with Gasteiger partial charge in [0.25, 0.3) is 0 Å². The molecule has 0 aromatic heterocycles. The van der Waals surface area contributed by atoms with E-state index in [-0.39, 0.29) is 43.9 Å². The van der Waals surface area contributed by atoms with Crippen LogP contribution in [0.25, 0.3) is 0 Å². The molecule has 0 bridgehead atoms. The lowest BCUT2D eigenvalue weighted by molar-refractivity contribution is -0.135. The van der Waals surface area contributed by atoms with Crippen LogP contribution in [0.2, 0.25) is 0 Å². The van der Waals surface area contributed by atoms with Crippen LogP contribution in [0.15, 0.2) is 82.0 Å². The lowest BCUT2D eigenvalue weighted by Gasteiger charge is -2.37. The summed E-state index contributed by atoms with van der Waals surface area (Å²) in [5.41, 5.74) is 12.9. The monoisotopic (exact) mass is 1360 g/mol. The van der Waals surface area contributed by atoms with Gasteiger partial charge in [-0.05, 0) is 268 Å². The second-order valence-electron chi connectivity index (χ2n) is 26.2. The van der Waals surface area contributed by atoms with E-state index in [0.717, 1.165) is 142 Å². The fourth-order valence-corrected chi connectivity index (χ4v) is 19.7.